The molecule has 1 saturated heterocycles. The second kappa shape index (κ2) is 8.58. The SMILES string of the molecule is COc1ccccc1N1CCN(/N=C/C(Cl)=C/c2ccccc2)CC1. The summed E-state index contributed by atoms with van der Waals surface area (Å²) in [5.41, 5.74) is 2.20. The molecule has 0 unspecified atom stereocenters. The first-order chi connectivity index (χ1) is 12.3. The molecule has 3 rings (SSSR count). The fourth-order valence-electron chi connectivity index (χ4n) is 2.83. The molecule has 5 heteroatoms. The Morgan fingerprint density at radius 3 is 2.40 bits per heavy atom. The fourth-order valence-corrected chi connectivity index (χ4v) is 3.00. The molecule has 130 valence electrons. The summed E-state index contributed by atoms with van der Waals surface area (Å²) in [5, 5.41) is 7.17. The minimum Gasteiger partial charge on any atom is -0.495 e. The summed E-state index contributed by atoms with van der Waals surface area (Å²) in [5.74, 6) is 0.910. The Labute approximate surface area is 154 Å². The van der Waals surface area contributed by atoms with E-state index in [1.165, 1.54) is 0 Å². The standard InChI is InChI=1S/C20H22ClN3O/c1-25-20-10-6-5-9-19(20)23-11-13-24(14-12-23)22-16-18(21)15-17-7-3-2-4-8-17/h2-10,15-16H,11-14H2,1H3/b18-15-,22-16+. The molecule has 0 saturated carbocycles. The van der Waals surface area contributed by atoms with Crippen molar-refractivity contribution in [3.63, 3.8) is 0 Å². The lowest BCUT2D eigenvalue weighted by Gasteiger charge is -2.35. The van der Waals surface area contributed by atoms with Crippen molar-refractivity contribution in [2.45, 2.75) is 0 Å². The van der Waals surface area contributed by atoms with Crippen LogP contribution in [0.15, 0.2) is 64.7 Å². The van der Waals surface area contributed by atoms with E-state index in [9.17, 15) is 0 Å². The molecule has 2 aromatic rings. The number of piperazine rings is 1. The van der Waals surface area contributed by atoms with Gasteiger partial charge in [0.15, 0.2) is 0 Å². The number of ether oxygens (including phenoxy) is 1. The van der Waals surface area contributed by atoms with Crippen LogP contribution >= 0.6 is 11.6 Å². The normalized spacial score (nSPS) is 15.7. The molecule has 0 aromatic heterocycles. The number of hydrogen-bond donors (Lipinski definition) is 0. The lowest BCUT2D eigenvalue weighted by molar-refractivity contribution is 0.271. The number of para-hydroxylation sites is 2. The van der Waals surface area contributed by atoms with Crippen molar-refractivity contribution < 1.29 is 4.74 Å². The van der Waals surface area contributed by atoms with Crippen molar-refractivity contribution in [2.24, 2.45) is 5.10 Å². The summed E-state index contributed by atoms with van der Waals surface area (Å²) in [6.45, 7) is 3.50. The first-order valence-electron chi connectivity index (χ1n) is 8.35. The molecule has 4 nitrogen and oxygen atoms in total. The van der Waals surface area contributed by atoms with Crippen LogP contribution in [-0.4, -0.2) is 44.5 Å². The van der Waals surface area contributed by atoms with Crippen LogP contribution in [0.2, 0.25) is 0 Å². The van der Waals surface area contributed by atoms with Gasteiger partial charge in [-0.05, 0) is 23.8 Å². The molecule has 0 atom stereocenters. The van der Waals surface area contributed by atoms with Crippen LogP contribution in [0, 0.1) is 0 Å². The van der Waals surface area contributed by atoms with Gasteiger partial charge in [0.25, 0.3) is 0 Å². The largest absolute Gasteiger partial charge is 0.495 e. The van der Waals surface area contributed by atoms with E-state index >= 15 is 0 Å². The number of benzene rings is 2. The number of methoxy groups -OCH3 is 1. The zero-order valence-corrected chi connectivity index (χ0v) is 15.1. The van der Waals surface area contributed by atoms with E-state index in [0.717, 1.165) is 43.2 Å². The van der Waals surface area contributed by atoms with Gasteiger partial charge in [-0.1, -0.05) is 54.1 Å². The number of hydrazone groups is 1. The third kappa shape index (κ3) is 4.77. The molecule has 25 heavy (non-hydrogen) atoms. The van der Waals surface area contributed by atoms with Gasteiger partial charge in [-0.2, -0.15) is 5.10 Å². The zero-order chi connectivity index (χ0) is 17.5. The summed E-state index contributed by atoms with van der Waals surface area (Å²) in [6.07, 6.45) is 3.63. The maximum atomic E-state index is 6.26. The summed E-state index contributed by atoms with van der Waals surface area (Å²) in [7, 11) is 1.71. The van der Waals surface area contributed by atoms with Crippen molar-refractivity contribution in [1.29, 1.82) is 0 Å². The van der Waals surface area contributed by atoms with Gasteiger partial charge < -0.3 is 9.64 Å². The first kappa shape index (κ1) is 17.4. The Balaban J connectivity index is 1.56. The molecule has 1 fully saturated rings. The second-order valence-corrected chi connectivity index (χ2v) is 6.23. The Hall–Kier alpha value is -2.46. The molecule has 1 aliphatic rings. The predicted octanol–water partition coefficient (Wildman–Crippen LogP) is 4.08. The van der Waals surface area contributed by atoms with Gasteiger partial charge >= 0.3 is 0 Å². The maximum Gasteiger partial charge on any atom is 0.142 e. The van der Waals surface area contributed by atoms with Crippen LogP contribution < -0.4 is 9.64 Å². The Bertz CT molecular complexity index is 738. The number of anilines is 1. The molecule has 1 aliphatic heterocycles. The highest BCUT2D eigenvalue weighted by Gasteiger charge is 2.18. The minimum atomic E-state index is 0.623. The molecule has 2 aromatic carbocycles. The van der Waals surface area contributed by atoms with Gasteiger partial charge in [0.2, 0.25) is 0 Å². The minimum absolute atomic E-state index is 0.623. The molecule has 1 heterocycles. The summed E-state index contributed by atoms with van der Waals surface area (Å²) in [6, 6.07) is 18.1. The lowest BCUT2D eigenvalue weighted by atomic mass is 10.2. The van der Waals surface area contributed by atoms with Crippen molar-refractivity contribution >= 4 is 29.6 Å². The van der Waals surface area contributed by atoms with Crippen molar-refractivity contribution in [1.82, 2.24) is 5.01 Å². The van der Waals surface area contributed by atoms with Crippen LogP contribution in [0.1, 0.15) is 5.56 Å². The summed E-state index contributed by atoms with van der Waals surface area (Å²) >= 11 is 6.26. The average Bonchev–Trinajstić information content (AvgIpc) is 2.67. The molecule has 0 aliphatic carbocycles. The molecule has 0 bridgehead atoms. The van der Waals surface area contributed by atoms with Gasteiger partial charge in [-0.15, -0.1) is 0 Å². The third-order valence-corrected chi connectivity index (χ3v) is 4.34. The number of halogens is 1. The third-order valence-electron chi connectivity index (χ3n) is 4.13. The number of nitrogens with zero attached hydrogens (tertiary/aromatic N) is 3. The van der Waals surface area contributed by atoms with E-state index < -0.39 is 0 Å². The van der Waals surface area contributed by atoms with Gasteiger partial charge in [0, 0.05) is 13.1 Å². The summed E-state index contributed by atoms with van der Waals surface area (Å²) < 4.78 is 5.45. The van der Waals surface area contributed by atoms with Crippen molar-refractivity contribution in [3.05, 3.63) is 65.2 Å². The molecular formula is C20H22ClN3O. The quantitative estimate of drug-likeness (QED) is 0.756. The van der Waals surface area contributed by atoms with Crippen LogP contribution in [0.3, 0.4) is 0 Å². The van der Waals surface area contributed by atoms with Crippen LogP contribution in [0.25, 0.3) is 6.08 Å². The van der Waals surface area contributed by atoms with Gasteiger partial charge in [-0.25, -0.2) is 0 Å². The van der Waals surface area contributed by atoms with E-state index in [1.807, 2.05) is 59.6 Å². The highest BCUT2D eigenvalue weighted by Crippen LogP contribution is 2.28. The predicted molar refractivity (Wildman–Crippen MR) is 106 cm³/mol. The smallest absolute Gasteiger partial charge is 0.142 e. The van der Waals surface area contributed by atoms with E-state index in [1.54, 1.807) is 13.3 Å². The zero-order valence-electron chi connectivity index (χ0n) is 14.3. The molecule has 0 radical (unpaired) electrons. The Morgan fingerprint density at radius 2 is 1.68 bits per heavy atom. The highest BCUT2D eigenvalue weighted by atomic mass is 35.5. The van der Waals surface area contributed by atoms with E-state index in [4.69, 9.17) is 16.3 Å². The van der Waals surface area contributed by atoms with Crippen molar-refractivity contribution in [2.75, 3.05) is 38.2 Å². The number of hydrogen-bond acceptors (Lipinski definition) is 4. The van der Waals surface area contributed by atoms with E-state index in [2.05, 4.69) is 16.1 Å². The lowest BCUT2D eigenvalue weighted by Crippen LogP contribution is -2.44. The Kier molecular flexibility index (Phi) is 5.96. The van der Waals surface area contributed by atoms with Crippen LogP contribution in [0.4, 0.5) is 5.69 Å². The molecule has 0 amide bonds. The monoisotopic (exact) mass is 355 g/mol. The van der Waals surface area contributed by atoms with Gasteiger partial charge in [0.05, 0.1) is 37.1 Å². The second-order valence-electron chi connectivity index (χ2n) is 5.80. The number of allylic oxidation sites excluding steroid dienone is 1. The van der Waals surface area contributed by atoms with E-state index in [-0.39, 0.29) is 0 Å². The first-order valence-corrected chi connectivity index (χ1v) is 8.73. The molecule has 0 N–H and O–H groups in total. The molecule has 0 spiro atoms. The fraction of sp³-hybridized carbons (Fsp3) is 0.250. The topological polar surface area (TPSA) is 28.1 Å². The molecular weight excluding hydrogens is 334 g/mol. The van der Waals surface area contributed by atoms with Gasteiger partial charge in [0.1, 0.15) is 5.75 Å². The Morgan fingerprint density at radius 1 is 1.00 bits per heavy atom. The van der Waals surface area contributed by atoms with Crippen LogP contribution in [-0.2, 0) is 0 Å². The van der Waals surface area contributed by atoms with Crippen LogP contribution in [0.5, 0.6) is 5.75 Å². The highest BCUT2D eigenvalue weighted by molar-refractivity contribution is 6.41. The summed E-state index contributed by atoms with van der Waals surface area (Å²) in [4.78, 5) is 2.33. The average molecular weight is 356 g/mol. The van der Waals surface area contributed by atoms with E-state index in [0.29, 0.717) is 5.03 Å². The number of rotatable bonds is 5. The maximum absolute atomic E-state index is 6.26. The van der Waals surface area contributed by atoms with Gasteiger partial charge in [-0.3, -0.25) is 5.01 Å². The van der Waals surface area contributed by atoms with Crippen molar-refractivity contribution in [3.8, 4) is 5.75 Å².